The molecule has 0 spiro atoms. The number of hydrogen-bond acceptors (Lipinski definition) is 7. The Hall–Kier alpha value is -2.66. The third kappa shape index (κ3) is 4.99. The molecule has 2 atom stereocenters. The topological polar surface area (TPSA) is 91.4 Å². The van der Waals surface area contributed by atoms with Gasteiger partial charge in [0.25, 0.3) is 7.41 Å². The molecule has 0 unspecified atom stereocenters. The van der Waals surface area contributed by atoms with Crippen molar-refractivity contribution in [2.45, 2.75) is 43.8 Å². The summed E-state index contributed by atoms with van der Waals surface area (Å²) in [6, 6.07) is 7.93. The number of benzene rings is 1. The van der Waals surface area contributed by atoms with Crippen LogP contribution in [0.2, 0.25) is 0 Å². The van der Waals surface area contributed by atoms with Crippen LogP contribution in [0.25, 0.3) is 0 Å². The van der Waals surface area contributed by atoms with E-state index >= 15 is 0 Å². The Labute approximate surface area is 186 Å². The molecule has 3 aliphatic heterocycles. The van der Waals surface area contributed by atoms with Crippen molar-refractivity contribution >= 4 is 43.0 Å². The van der Waals surface area contributed by atoms with Crippen LogP contribution in [-0.4, -0.2) is 83.3 Å². The first kappa shape index (κ1) is 21.6. The number of urea groups is 1. The number of hydrogen-bond donors (Lipinski definition) is 1. The normalized spacial score (nSPS) is 23.9. The van der Waals surface area contributed by atoms with Crippen LogP contribution in [0.5, 0.6) is 5.75 Å². The maximum atomic E-state index is 12.9. The summed E-state index contributed by atoms with van der Waals surface area (Å²) in [5.41, 5.74) is 0. The van der Waals surface area contributed by atoms with E-state index in [-0.39, 0.29) is 29.3 Å². The Morgan fingerprint density at radius 2 is 1.90 bits per heavy atom. The predicted octanol–water partition coefficient (Wildman–Crippen LogP) is 0.940. The molecule has 3 saturated heterocycles. The standard InChI is InChI=1S/C20H24BN4O5S/c26-13-21-23-10-8-14(9-11-23)22-18(27)17-7-6-15-12-24(17)19(28)25(15)30-20(31)29-16-4-2-1-3-5-16/h1-5,13-15,17H,6-12H2,(H,22,27)/t15-,17+/m1/s1. The smallest absolute Gasteiger partial charge is 0.383 e. The SMILES string of the molecule is O=C[B]N1CCC(NC(=O)[C@@H]2CC[C@@H]3CN2C(=O)N3OC(=S)Oc2ccccc2)CC1. The molecular weight excluding hydrogens is 419 g/mol. The summed E-state index contributed by atoms with van der Waals surface area (Å²) in [5, 5.41) is 4.14. The monoisotopic (exact) mass is 443 g/mol. The van der Waals surface area contributed by atoms with E-state index in [0.717, 1.165) is 32.1 Å². The van der Waals surface area contributed by atoms with Crippen LogP contribution in [0.3, 0.4) is 0 Å². The highest BCUT2D eigenvalue weighted by molar-refractivity contribution is 7.79. The summed E-state index contributed by atoms with van der Waals surface area (Å²) in [6.07, 6.45) is 3.51. The average Bonchev–Trinajstić information content (AvgIpc) is 3.00. The van der Waals surface area contributed by atoms with Crippen molar-refractivity contribution in [3.63, 3.8) is 0 Å². The number of para-hydroxylation sites is 1. The molecule has 1 aromatic carbocycles. The minimum atomic E-state index is -0.527. The molecule has 163 valence electrons. The van der Waals surface area contributed by atoms with E-state index in [1.807, 2.05) is 23.0 Å². The van der Waals surface area contributed by atoms with Crippen LogP contribution in [0.4, 0.5) is 4.79 Å². The zero-order valence-corrected chi connectivity index (χ0v) is 17.8. The van der Waals surface area contributed by atoms with Gasteiger partial charge in [-0.1, -0.05) is 18.2 Å². The average molecular weight is 443 g/mol. The Balaban J connectivity index is 1.30. The second-order valence-corrected chi connectivity index (χ2v) is 8.20. The van der Waals surface area contributed by atoms with Crippen LogP contribution < -0.4 is 10.1 Å². The predicted molar refractivity (Wildman–Crippen MR) is 117 cm³/mol. The number of piperidine rings is 2. The van der Waals surface area contributed by atoms with Crippen molar-refractivity contribution in [1.29, 1.82) is 0 Å². The summed E-state index contributed by atoms with van der Waals surface area (Å²) in [7, 11) is 1.53. The van der Waals surface area contributed by atoms with Gasteiger partial charge in [0, 0.05) is 24.8 Å². The van der Waals surface area contributed by atoms with E-state index in [1.54, 1.807) is 17.0 Å². The molecule has 3 amide bonds. The van der Waals surface area contributed by atoms with Crippen molar-refractivity contribution in [1.82, 2.24) is 20.1 Å². The summed E-state index contributed by atoms with van der Waals surface area (Å²) in [4.78, 5) is 45.4. The Morgan fingerprint density at radius 3 is 2.61 bits per heavy atom. The molecule has 1 N–H and O–H groups in total. The van der Waals surface area contributed by atoms with Gasteiger partial charge in [-0.3, -0.25) is 4.79 Å². The lowest BCUT2D eigenvalue weighted by Gasteiger charge is -2.34. The summed E-state index contributed by atoms with van der Waals surface area (Å²) >= 11 is 5.14. The number of thiocarbonyl (C=S) groups is 1. The largest absolute Gasteiger partial charge is 0.416 e. The maximum absolute atomic E-state index is 12.9. The molecule has 0 aliphatic carbocycles. The molecule has 0 saturated carbocycles. The second kappa shape index (κ2) is 9.65. The number of nitrogens with one attached hydrogen (secondary N) is 1. The van der Waals surface area contributed by atoms with Crippen LogP contribution in [0.15, 0.2) is 30.3 Å². The summed E-state index contributed by atoms with van der Waals surface area (Å²) < 4.78 is 5.46. The van der Waals surface area contributed by atoms with Gasteiger partial charge in [-0.25, -0.2) is 4.79 Å². The fourth-order valence-corrected chi connectivity index (χ4v) is 4.46. The zero-order chi connectivity index (χ0) is 21.8. The molecule has 3 heterocycles. The molecular formula is C20H24BN4O5S. The van der Waals surface area contributed by atoms with Crippen molar-refractivity contribution in [2.75, 3.05) is 19.6 Å². The fourth-order valence-electron chi connectivity index (χ4n) is 4.28. The third-order valence-corrected chi connectivity index (χ3v) is 6.05. The number of ether oxygens (including phenoxy) is 1. The van der Waals surface area contributed by atoms with Gasteiger partial charge in [-0.05, 0) is 50.9 Å². The Kier molecular flexibility index (Phi) is 6.72. The lowest BCUT2D eigenvalue weighted by atomic mass is 9.89. The minimum absolute atomic E-state index is 0.0402. The molecule has 0 aromatic heterocycles. The minimum Gasteiger partial charge on any atom is -0.416 e. The Bertz CT molecular complexity index is 836. The van der Waals surface area contributed by atoms with E-state index < -0.39 is 6.04 Å². The van der Waals surface area contributed by atoms with E-state index in [0.29, 0.717) is 25.1 Å². The highest BCUT2D eigenvalue weighted by Crippen LogP contribution is 2.30. The van der Waals surface area contributed by atoms with Crippen LogP contribution in [-0.2, 0) is 14.4 Å². The number of rotatable bonds is 6. The molecule has 1 aromatic rings. The van der Waals surface area contributed by atoms with E-state index in [1.165, 1.54) is 12.5 Å². The number of nitrogens with zero attached hydrogens (tertiary/aromatic N) is 3. The number of amides is 3. The van der Waals surface area contributed by atoms with Gasteiger partial charge < -0.3 is 29.4 Å². The molecule has 11 heteroatoms. The highest BCUT2D eigenvalue weighted by atomic mass is 32.1. The number of carbonyl (C=O) groups is 3. The van der Waals surface area contributed by atoms with E-state index in [2.05, 4.69) is 5.32 Å². The first-order valence-electron chi connectivity index (χ1n) is 10.4. The lowest BCUT2D eigenvalue weighted by molar-refractivity contribution is -0.127. The van der Waals surface area contributed by atoms with Gasteiger partial charge in [-0.2, -0.15) is 0 Å². The van der Waals surface area contributed by atoms with Gasteiger partial charge in [-0.15, -0.1) is 5.06 Å². The second-order valence-electron chi connectivity index (χ2n) is 7.87. The number of hydroxylamine groups is 2. The molecule has 2 bridgehead atoms. The van der Waals surface area contributed by atoms with Crippen LogP contribution >= 0.6 is 12.2 Å². The Morgan fingerprint density at radius 1 is 1.16 bits per heavy atom. The lowest BCUT2D eigenvalue weighted by Crippen LogP contribution is -2.54. The number of carbonyl (C=O) groups excluding carboxylic acids is 3. The van der Waals surface area contributed by atoms with E-state index in [4.69, 9.17) is 21.8 Å². The molecule has 4 rings (SSSR count). The highest BCUT2D eigenvalue weighted by Gasteiger charge is 2.49. The van der Waals surface area contributed by atoms with Gasteiger partial charge in [0.2, 0.25) is 5.91 Å². The molecule has 31 heavy (non-hydrogen) atoms. The van der Waals surface area contributed by atoms with Gasteiger partial charge >= 0.3 is 11.3 Å². The fraction of sp³-hybridized carbons (Fsp3) is 0.500. The summed E-state index contributed by atoms with van der Waals surface area (Å²) in [5.74, 6) is 0.381. The molecule has 3 aliphatic rings. The van der Waals surface area contributed by atoms with Crippen molar-refractivity contribution in [3.8, 4) is 5.75 Å². The van der Waals surface area contributed by atoms with Crippen molar-refractivity contribution in [2.24, 2.45) is 0 Å². The van der Waals surface area contributed by atoms with Crippen molar-refractivity contribution < 1.29 is 24.0 Å². The molecule has 1 radical (unpaired) electrons. The number of fused-ring (bicyclic) bond motifs is 2. The van der Waals surface area contributed by atoms with Gasteiger partial charge in [0.05, 0.1) is 12.2 Å². The third-order valence-electron chi connectivity index (χ3n) is 5.89. The van der Waals surface area contributed by atoms with Gasteiger partial charge in [0.1, 0.15) is 11.8 Å². The zero-order valence-electron chi connectivity index (χ0n) is 17.0. The quantitative estimate of drug-likeness (QED) is 0.398. The maximum Gasteiger partial charge on any atom is 0.383 e. The first-order valence-corrected chi connectivity index (χ1v) is 10.8. The van der Waals surface area contributed by atoms with Crippen LogP contribution in [0, 0.1) is 0 Å². The summed E-state index contributed by atoms with van der Waals surface area (Å²) in [6.45, 7) is 1.86. The van der Waals surface area contributed by atoms with Gasteiger partial charge in [0.15, 0.2) is 0 Å². The van der Waals surface area contributed by atoms with E-state index in [9.17, 15) is 14.4 Å². The van der Waals surface area contributed by atoms with Crippen molar-refractivity contribution in [3.05, 3.63) is 30.3 Å². The first-order chi connectivity index (χ1) is 15.0. The van der Waals surface area contributed by atoms with Crippen LogP contribution in [0.1, 0.15) is 25.7 Å². The molecule has 3 fully saturated rings. The molecule has 9 nitrogen and oxygen atoms in total.